The van der Waals surface area contributed by atoms with Gasteiger partial charge in [0.05, 0.1) is 6.10 Å². The molecule has 1 aromatic heterocycles. The molecule has 20 heavy (non-hydrogen) atoms. The normalized spacial score (nSPS) is 19.1. The highest BCUT2D eigenvalue weighted by atomic mass is 16.5. The van der Waals surface area contributed by atoms with Gasteiger partial charge in [-0.3, -0.25) is 4.79 Å². The van der Waals surface area contributed by atoms with Crippen molar-refractivity contribution in [1.82, 2.24) is 20.3 Å². The van der Waals surface area contributed by atoms with Crippen LogP contribution in [0.4, 0.5) is 11.9 Å². The number of nitrogens with one attached hydrogen (secondary N) is 1. The molecule has 1 amide bonds. The monoisotopic (exact) mass is 280 g/mol. The zero-order valence-electron chi connectivity index (χ0n) is 12.0. The summed E-state index contributed by atoms with van der Waals surface area (Å²) in [4.78, 5) is 26.0. The molecule has 1 atom stereocenters. The summed E-state index contributed by atoms with van der Waals surface area (Å²) in [5.41, 5.74) is 5.69. The van der Waals surface area contributed by atoms with E-state index in [2.05, 4.69) is 20.3 Å². The van der Waals surface area contributed by atoms with Crippen molar-refractivity contribution in [1.29, 1.82) is 0 Å². The van der Waals surface area contributed by atoms with Gasteiger partial charge in [0.2, 0.25) is 17.8 Å². The lowest BCUT2D eigenvalue weighted by Gasteiger charge is -2.34. The van der Waals surface area contributed by atoms with E-state index in [0.717, 1.165) is 0 Å². The Morgan fingerprint density at radius 2 is 2.20 bits per heavy atom. The Bertz CT molecular complexity index is 493. The first-order valence-electron chi connectivity index (χ1n) is 6.73. The average molecular weight is 280 g/mol. The number of aromatic nitrogens is 3. The SMILES string of the molecule is CCC1C(=O)NCCN1c1nc(N)nc(OC(C)C)n1. The van der Waals surface area contributed by atoms with Gasteiger partial charge in [-0.1, -0.05) is 6.92 Å². The number of piperazine rings is 1. The Morgan fingerprint density at radius 3 is 2.85 bits per heavy atom. The Kier molecular flexibility index (Phi) is 4.21. The zero-order chi connectivity index (χ0) is 14.7. The first-order chi connectivity index (χ1) is 9.51. The van der Waals surface area contributed by atoms with Gasteiger partial charge in [-0.05, 0) is 20.3 Å². The van der Waals surface area contributed by atoms with Crippen LogP contribution in [0, 0.1) is 0 Å². The third kappa shape index (κ3) is 3.06. The van der Waals surface area contributed by atoms with E-state index in [9.17, 15) is 4.79 Å². The van der Waals surface area contributed by atoms with E-state index in [1.165, 1.54) is 0 Å². The predicted molar refractivity (Wildman–Crippen MR) is 74.4 cm³/mol. The second-order valence-electron chi connectivity index (χ2n) is 4.85. The molecule has 1 aliphatic heterocycles. The molecule has 1 aliphatic rings. The molecule has 0 spiro atoms. The highest BCUT2D eigenvalue weighted by molar-refractivity contribution is 5.85. The third-order valence-corrected chi connectivity index (χ3v) is 2.94. The average Bonchev–Trinajstić information content (AvgIpc) is 2.36. The van der Waals surface area contributed by atoms with Crippen molar-refractivity contribution in [3.63, 3.8) is 0 Å². The number of nitrogens with zero attached hydrogens (tertiary/aromatic N) is 4. The molecule has 1 unspecified atom stereocenters. The van der Waals surface area contributed by atoms with Crippen LogP contribution in [0.15, 0.2) is 0 Å². The van der Waals surface area contributed by atoms with Gasteiger partial charge in [0.1, 0.15) is 6.04 Å². The maximum atomic E-state index is 11.9. The van der Waals surface area contributed by atoms with Crippen molar-refractivity contribution < 1.29 is 9.53 Å². The zero-order valence-corrected chi connectivity index (χ0v) is 12.0. The standard InChI is InChI=1S/C12H20N6O2/c1-4-8-9(19)14-5-6-18(8)11-15-10(13)16-12(17-11)20-7(2)3/h7-8H,4-6H2,1-3H3,(H,14,19)(H2,13,15,16,17). The summed E-state index contributed by atoms with van der Waals surface area (Å²) >= 11 is 0. The molecule has 110 valence electrons. The number of hydrogen-bond donors (Lipinski definition) is 2. The van der Waals surface area contributed by atoms with Gasteiger partial charge in [-0.15, -0.1) is 0 Å². The van der Waals surface area contributed by atoms with Gasteiger partial charge in [0.25, 0.3) is 0 Å². The second-order valence-corrected chi connectivity index (χ2v) is 4.85. The maximum absolute atomic E-state index is 11.9. The van der Waals surface area contributed by atoms with E-state index < -0.39 is 0 Å². The fraction of sp³-hybridized carbons (Fsp3) is 0.667. The first-order valence-corrected chi connectivity index (χ1v) is 6.73. The van der Waals surface area contributed by atoms with Gasteiger partial charge in [-0.2, -0.15) is 15.0 Å². The predicted octanol–water partition coefficient (Wildman–Crippen LogP) is -0.0442. The number of amides is 1. The fourth-order valence-corrected chi connectivity index (χ4v) is 2.11. The molecule has 1 fully saturated rings. The van der Waals surface area contributed by atoms with E-state index in [0.29, 0.717) is 25.5 Å². The van der Waals surface area contributed by atoms with E-state index in [1.54, 1.807) is 0 Å². The number of ether oxygens (including phenoxy) is 1. The minimum Gasteiger partial charge on any atom is -0.461 e. The van der Waals surface area contributed by atoms with Crippen LogP contribution in [-0.2, 0) is 4.79 Å². The van der Waals surface area contributed by atoms with Gasteiger partial charge < -0.3 is 20.7 Å². The summed E-state index contributed by atoms with van der Waals surface area (Å²) in [6.07, 6.45) is 0.605. The van der Waals surface area contributed by atoms with Crippen LogP contribution < -0.4 is 20.7 Å². The Labute approximate surface area is 117 Å². The topological polar surface area (TPSA) is 106 Å². The molecule has 8 nitrogen and oxygen atoms in total. The molecule has 0 saturated carbocycles. The van der Waals surface area contributed by atoms with Gasteiger partial charge in [-0.25, -0.2) is 0 Å². The number of nitrogens with two attached hydrogens (primary N) is 1. The third-order valence-electron chi connectivity index (χ3n) is 2.94. The summed E-state index contributed by atoms with van der Waals surface area (Å²) in [7, 11) is 0. The van der Waals surface area contributed by atoms with Gasteiger partial charge >= 0.3 is 6.01 Å². The summed E-state index contributed by atoms with van der Waals surface area (Å²) in [5, 5.41) is 2.83. The first kappa shape index (κ1) is 14.3. The highest BCUT2D eigenvalue weighted by Crippen LogP contribution is 2.19. The van der Waals surface area contributed by atoms with Crippen LogP contribution in [0.3, 0.4) is 0 Å². The largest absolute Gasteiger partial charge is 0.461 e. The molecular weight excluding hydrogens is 260 g/mol. The lowest BCUT2D eigenvalue weighted by Crippen LogP contribution is -2.55. The number of rotatable bonds is 4. The lowest BCUT2D eigenvalue weighted by atomic mass is 10.1. The second kappa shape index (κ2) is 5.89. The Morgan fingerprint density at radius 1 is 1.45 bits per heavy atom. The number of anilines is 2. The van der Waals surface area contributed by atoms with E-state index in [-0.39, 0.29) is 30.0 Å². The van der Waals surface area contributed by atoms with E-state index >= 15 is 0 Å². The summed E-state index contributed by atoms with van der Waals surface area (Å²) in [6.45, 7) is 6.89. The van der Waals surface area contributed by atoms with E-state index in [1.807, 2.05) is 25.7 Å². The molecule has 0 bridgehead atoms. The molecule has 0 aliphatic carbocycles. The molecule has 1 aromatic rings. The molecule has 1 saturated heterocycles. The van der Waals surface area contributed by atoms with Crippen molar-refractivity contribution in [2.75, 3.05) is 23.7 Å². The van der Waals surface area contributed by atoms with Crippen molar-refractivity contribution in [3.8, 4) is 6.01 Å². The molecule has 8 heteroatoms. The quantitative estimate of drug-likeness (QED) is 0.796. The van der Waals surface area contributed by atoms with Gasteiger partial charge in [0, 0.05) is 13.1 Å². The Balaban J connectivity index is 2.30. The van der Waals surface area contributed by atoms with Crippen LogP contribution >= 0.6 is 0 Å². The van der Waals surface area contributed by atoms with Crippen molar-refractivity contribution in [3.05, 3.63) is 0 Å². The lowest BCUT2D eigenvalue weighted by molar-refractivity contribution is -0.123. The van der Waals surface area contributed by atoms with E-state index in [4.69, 9.17) is 10.5 Å². The maximum Gasteiger partial charge on any atom is 0.323 e. The number of carbonyl (C=O) groups excluding carboxylic acids is 1. The van der Waals surface area contributed by atoms with Crippen LogP contribution in [-0.4, -0.2) is 46.1 Å². The number of hydrogen-bond acceptors (Lipinski definition) is 7. The van der Waals surface area contributed by atoms with Crippen molar-refractivity contribution >= 4 is 17.8 Å². The van der Waals surface area contributed by atoms with Crippen LogP contribution in [0.2, 0.25) is 0 Å². The van der Waals surface area contributed by atoms with Crippen LogP contribution in [0.25, 0.3) is 0 Å². The minimum atomic E-state index is -0.294. The smallest absolute Gasteiger partial charge is 0.323 e. The summed E-state index contributed by atoms with van der Waals surface area (Å²) in [6, 6.07) is -0.110. The summed E-state index contributed by atoms with van der Waals surface area (Å²) < 4.78 is 5.45. The van der Waals surface area contributed by atoms with Crippen molar-refractivity contribution in [2.24, 2.45) is 0 Å². The molecule has 2 rings (SSSR count). The molecule has 2 heterocycles. The molecular formula is C12H20N6O2. The van der Waals surface area contributed by atoms with Crippen LogP contribution in [0.1, 0.15) is 27.2 Å². The number of carbonyl (C=O) groups is 1. The highest BCUT2D eigenvalue weighted by Gasteiger charge is 2.30. The van der Waals surface area contributed by atoms with Gasteiger partial charge in [0.15, 0.2) is 0 Å². The molecule has 3 N–H and O–H groups in total. The minimum absolute atomic E-state index is 0.0240. The summed E-state index contributed by atoms with van der Waals surface area (Å²) in [5.74, 6) is 0.449. The number of nitrogen functional groups attached to an aromatic ring is 1. The molecule has 0 radical (unpaired) electrons. The fourth-order valence-electron chi connectivity index (χ4n) is 2.11. The Hall–Kier alpha value is -2.12. The van der Waals surface area contributed by atoms with Crippen LogP contribution in [0.5, 0.6) is 6.01 Å². The van der Waals surface area contributed by atoms with Crippen molar-refractivity contribution in [2.45, 2.75) is 39.3 Å². The molecule has 0 aromatic carbocycles.